The van der Waals surface area contributed by atoms with Gasteiger partial charge in [0.1, 0.15) is 17.2 Å². The highest BCUT2D eigenvalue weighted by atomic mass is 16.8. The van der Waals surface area contributed by atoms with Crippen LogP contribution in [0.5, 0.6) is 5.75 Å². The molecule has 0 fully saturated rings. The fraction of sp³-hybridized carbons (Fsp3) is 0.350. The van der Waals surface area contributed by atoms with Crippen LogP contribution in [0.25, 0.3) is 0 Å². The first kappa shape index (κ1) is 24.5. The zero-order valence-electron chi connectivity index (χ0n) is 17.7. The predicted molar refractivity (Wildman–Crippen MR) is 118 cm³/mol. The third kappa shape index (κ3) is 7.81. The minimum Gasteiger partial charge on any atom is -0.455 e. The van der Waals surface area contributed by atoms with Crippen LogP contribution in [0.4, 0.5) is 27.8 Å². The normalized spacial score (nSPS) is 11.7. The van der Waals surface area contributed by atoms with Gasteiger partial charge in [0.2, 0.25) is 12.7 Å². The highest BCUT2D eigenvalue weighted by Crippen LogP contribution is 2.30. The Hall–Kier alpha value is -3.77. The second-order valence-corrected chi connectivity index (χ2v) is 6.51. The highest BCUT2D eigenvalue weighted by molar-refractivity contribution is 5.94. The third-order valence-electron chi connectivity index (χ3n) is 4.15. The van der Waals surface area contributed by atoms with Gasteiger partial charge in [0.15, 0.2) is 11.6 Å². The van der Waals surface area contributed by atoms with E-state index in [1.165, 1.54) is 7.11 Å². The number of pyridine rings is 1. The first-order valence-electron chi connectivity index (χ1n) is 9.82. The summed E-state index contributed by atoms with van der Waals surface area (Å²) in [6.07, 6.45) is 1.22. The Morgan fingerprint density at radius 2 is 1.88 bits per heavy atom. The van der Waals surface area contributed by atoms with Gasteiger partial charge in [0.25, 0.3) is 0 Å². The summed E-state index contributed by atoms with van der Waals surface area (Å²) in [7, 11) is 1.19. The summed E-state index contributed by atoms with van der Waals surface area (Å²) in [4.78, 5) is 27.3. The van der Waals surface area contributed by atoms with Crippen LogP contribution in [0.2, 0.25) is 0 Å². The highest BCUT2D eigenvalue weighted by Gasteiger charge is 2.14. The van der Waals surface area contributed by atoms with E-state index in [0.717, 1.165) is 12.8 Å². The van der Waals surface area contributed by atoms with Crippen molar-refractivity contribution in [3.05, 3.63) is 36.4 Å². The number of carbonyl (C=O) groups excluding carboxylic acids is 2. The molecule has 7 N–H and O–H groups in total. The number of rotatable bonds is 11. The van der Waals surface area contributed by atoms with Gasteiger partial charge >= 0.3 is 6.16 Å². The summed E-state index contributed by atoms with van der Waals surface area (Å²) in [5, 5.41) is 10.8. The van der Waals surface area contributed by atoms with Crippen LogP contribution < -0.4 is 27.3 Å². The van der Waals surface area contributed by atoms with Crippen molar-refractivity contribution in [3.8, 4) is 5.75 Å². The van der Waals surface area contributed by atoms with Gasteiger partial charge in [0.05, 0.1) is 13.2 Å². The van der Waals surface area contributed by atoms with E-state index in [9.17, 15) is 9.59 Å². The van der Waals surface area contributed by atoms with Crippen LogP contribution in [0.15, 0.2) is 46.6 Å². The number of azo groups is 1. The molecule has 0 saturated heterocycles. The monoisotopic (exact) mass is 445 g/mol. The van der Waals surface area contributed by atoms with Crippen LogP contribution in [-0.4, -0.2) is 43.5 Å². The van der Waals surface area contributed by atoms with E-state index >= 15 is 0 Å². The van der Waals surface area contributed by atoms with Crippen LogP contribution in [0, 0.1) is 0 Å². The molecule has 0 unspecified atom stereocenters. The number of nitrogens with one attached hydrogen (secondary N) is 1. The van der Waals surface area contributed by atoms with Gasteiger partial charge in [-0.15, -0.1) is 10.2 Å². The molecule has 0 aliphatic heterocycles. The van der Waals surface area contributed by atoms with Crippen molar-refractivity contribution in [2.45, 2.75) is 25.3 Å². The Kier molecular flexibility index (Phi) is 9.81. The maximum atomic E-state index is 12.2. The van der Waals surface area contributed by atoms with Gasteiger partial charge in [-0.1, -0.05) is 18.6 Å². The van der Waals surface area contributed by atoms with Crippen LogP contribution in [0.3, 0.4) is 0 Å². The van der Waals surface area contributed by atoms with E-state index in [2.05, 4.69) is 30.0 Å². The Balaban J connectivity index is 2.01. The summed E-state index contributed by atoms with van der Waals surface area (Å²) in [5.74, 6) is 0.294. The number of aromatic nitrogens is 1. The summed E-state index contributed by atoms with van der Waals surface area (Å²) in [6.45, 7) is 0.200. The standard InChI is InChI=1S/C20H27N7O5/c1-30-20(29)32-12-31-16-8-3-2-7-14(16)26-27-15-9-10-17(24-18(15)23)25-19(28)13(22)6-4-5-11-21/h2-3,7-10,13H,4-6,11-12,21-22H2,1H3,(H3,23,24,25,28)/b27-26+/t13-/m0/s1. The molecule has 0 spiro atoms. The number of anilines is 2. The molecule has 12 heteroatoms. The molecule has 0 bridgehead atoms. The number of nitrogens with zero attached hydrogens (tertiary/aromatic N) is 3. The molecule has 0 aliphatic rings. The molecule has 2 rings (SSSR count). The molecule has 1 amide bonds. The lowest BCUT2D eigenvalue weighted by molar-refractivity contribution is -0.117. The second kappa shape index (κ2) is 12.8. The zero-order chi connectivity index (χ0) is 23.3. The van der Waals surface area contributed by atoms with E-state index in [-0.39, 0.29) is 30.0 Å². The van der Waals surface area contributed by atoms with Crippen molar-refractivity contribution in [2.75, 3.05) is 31.5 Å². The number of hydrogen-bond acceptors (Lipinski definition) is 11. The van der Waals surface area contributed by atoms with Crippen LogP contribution >= 0.6 is 0 Å². The molecule has 2 aromatic rings. The first-order chi connectivity index (χ1) is 15.4. The van der Waals surface area contributed by atoms with E-state index in [4.69, 9.17) is 21.9 Å². The van der Waals surface area contributed by atoms with Crippen molar-refractivity contribution >= 4 is 35.1 Å². The lowest BCUT2D eigenvalue weighted by Gasteiger charge is -2.12. The number of ether oxygens (including phenoxy) is 3. The Labute approximate surface area is 185 Å². The van der Waals surface area contributed by atoms with E-state index < -0.39 is 12.2 Å². The average Bonchev–Trinajstić information content (AvgIpc) is 2.79. The van der Waals surface area contributed by atoms with E-state index in [1.54, 1.807) is 36.4 Å². The molecule has 0 saturated carbocycles. The van der Waals surface area contributed by atoms with E-state index in [1.807, 2.05) is 0 Å². The smallest absolute Gasteiger partial charge is 0.455 e. The number of methoxy groups -OCH3 is 1. The summed E-state index contributed by atoms with van der Waals surface area (Å²) < 4.78 is 14.4. The van der Waals surface area contributed by atoms with Crippen molar-refractivity contribution in [1.29, 1.82) is 0 Å². The quantitative estimate of drug-likeness (QED) is 0.174. The maximum Gasteiger partial charge on any atom is 0.510 e. The number of para-hydroxylation sites is 1. The van der Waals surface area contributed by atoms with E-state index in [0.29, 0.717) is 24.4 Å². The Bertz CT molecular complexity index is 938. The predicted octanol–water partition coefficient (Wildman–Crippen LogP) is 2.59. The molecule has 32 heavy (non-hydrogen) atoms. The molecular formula is C20H27N7O5. The van der Waals surface area contributed by atoms with Crippen LogP contribution in [0.1, 0.15) is 19.3 Å². The van der Waals surface area contributed by atoms with Gasteiger partial charge in [-0.2, -0.15) is 0 Å². The molecule has 12 nitrogen and oxygen atoms in total. The van der Waals surface area contributed by atoms with Crippen molar-refractivity contribution < 1.29 is 23.8 Å². The molecule has 1 aromatic heterocycles. The zero-order valence-corrected chi connectivity index (χ0v) is 17.7. The first-order valence-corrected chi connectivity index (χ1v) is 9.82. The molecule has 1 heterocycles. The number of unbranched alkanes of at least 4 members (excludes halogenated alkanes) is 1. The summed E-state index contributed by atoms with van der Waals surface area (Å²) >= 11 is 0. The van der Waals surface area contributed by atoms with Gasteiger partial charge in [-0.25, -0.2) is 9.78 Å². The fourth-order valence-electron chi connectivity index (χ4n) is 2.45. The molecule has 0 aliphatic carbocycles. The molecule has 172 valence electrons. The summed E-state index contributed by atoms with van der Waals surface area (Å²) in [6, 6.07) is 9.18. The Morgan fingerprint density at radius 3 is 2.59 bits per heavy atom. The number of nitrogen functional groups attached to an aromatic ring is 1. The third-order valence-corrected chi connectivity index (χ3v) is 4.15. The van der Waals surface area contributed by atoms with Crippen molar-refractivity contribution in [1.82, 2.24) is 4.98 Å². The van der Waals surface area contributed by atoms with Crippen molar-refractivity contribution in [3.63, 3.8) is 0 Å². The molecule has 1 atom stereocenters. The number of hydrogen-bond donors (Lipinski definition) is 4. The van der Waals surface area contributed by atoms with Crippen molar-refractivity contribution in [2.24, 2.45) is 21.7 Å². The summed E-state index contributed by atoms with van der Waals surface area (Å²) in [5.41, 5.74) is 17.9. The molecule has 0 radical (unpaired) electrons. The van der Waals surface area contributed by atoms with Gasteiger partial charge in [0, 0.05) is 0 Å². The molecular weight excluding hydrogens is 418 g/mol. The topological polar surface area (TPSA) is 190 Å². The SMILES string of the molecule is COC(=O)OCOc1ccccc1/N=N/c1ccc(NC(=O)[C@@H](N)CCCCN)nc1N. The minimum absolute atomic E-state index is 0.0654. The minimum atomic E-state index is -0.869. The lowest BCUT2D eigenvalue weighted by atomic mass is 10.1. The lowest BCUT2D eigenvalue weighted by Crippen LogP contribution is -2.35. The second-order valence-electron chi connectivity index (χ2n) is 6.51. The van der Waals surface area contributed by atoms with Gasteiger partial charge in [-0.05, 0) is 43.7 Å². The number of amides is 1. The number of nitrogens with two attached hydrogens (primary N) is 3. The molecule has 1 aromatic carbocycles. The number of benzene rings is 1. The fourth-order valence-corrected chi connectivity index (χ4v) is 2.45. The number of carbonyl (C=O) groups is 2. The Morgan fingerprint density at radius 1 is 1.12 bits per heavy atom. The van der Waals surface area contributed by atoms with Crippen LogP contribution in [-0.2, 0) is 14.3 Å². The largest absolute Gasteiger partial charge is 0.510 e. The maximum absolute atomic E-state index is 12.2. The van der Waals surface area contributed by atoms with Gasteiger partial charge in [-0.3, -0.25) is 4.79 Å². The van der Waals surface area contributed by atoms with Gasteiger partial charge < -0.3 is 36.7 Å². The average molecular weight is 445 g/mol.